The van der Waals surface area contributed by atoms with E-state index in [4.69, 9.17) is 5.11 Å². The second-order valence-corrected chi connectivity index (χ2v) is 1.94. The van der Waals surface area contributed by atoms with Gasteiger partial charge in [0.1, 0.15) is 0 Å². The van der Waals surface area contributed by atoms with E-state index in [2.05, 4.69) is 4.74 Å². The first-order valence-electron chi connectivity index (χ1n) is 3.11. The molecule has 0 radical (unpaired) electrons. The van der Waals surface area contributed by atoms with Crippen LogP contribution < -0.4 is 5.11 Å². The van der Waals surface area contributed by atoms with Crippen molar-refractivity contribution in [2.24, 2.45) is 0 Å². The summed E-state index contributed by atoms with van der Waals surface area (Å²) in [5, 5.41) is 17.8. The Hall–Kier alpha value is -1.92. The number of carboxylic acids is 2. The van der Waals surface area contributed by atoms with Crippen molar-refractivity contribution in [2.75, 3.05) is 0 Å². The van der Waals surface area contributed by atoms with E-state index in [0.29, 0.717) is 0 Å². The normalized spacial score (nSPS) is 8.92. The Kier molecular flexibility index (Phi) is 4.14. The van der Waals surface area contributed by atoms with Crippen LogP contribution in [0.2, 0.25) is 0 Å². The van der Waals surface area contributed by atoms with Gasteiger partial charge in [0.15, 0.2) is 0 Å². The molecule has 1 N–H and O–H groups in total. The fraction of sp³-hybridized carbons (Fsp3) is 0.333. The van der Waals surface area contributed by atoms with Crippen LogP contribution >= 0.6 is 0 Å². The van der Waals surface area contributed by atoms with Gasteiger partial charge in [-0.2, -0.15) is 0 Å². The van der Waals surface area contributed by atoms with E-state index < -0.39 is 36.7 Å². The highest BCUT2D eigenvalue weighted by Gasteiger charge is 2.17. The van der Waals surface area contributed by atoms with E-state index in [-0.39, 0.29) is 0 Å². The van der Waals surface area contributed by atoms with E-state index in [9.17, 15) is 24.3 Å². The van der Waals surface area contributed by atoms with Crippen LogP contribution in [-0.2, 0) is 23.9 Å². The van der Waals surface area contributed by atoms with Crippen molar-refractivity contribution in [1.29, 1.82) is 0 Å². The highest BCUT2D eigenvalue weighted by atomic mass is 16.6. The molecule has 0 bridgehead atoms. The molecule has 0 amide bonds. The van der Waals surface area contributed by atoms with Crippen LogP contribution in [0.4, 0.5) is 0 Å². The summed E-state index contributed by atoms with van der Waals surface area (Å²) in [6.45, 7) is 0. The Morgan fingerprint density at radius 2 is 1.69 bits per heavy atom. The van der Waals surface area contributed by atoms with Crippen molar-refractivity contribution in [3.05, 3.63) is 0 Å². The zero-order valence-electron chi connectivity index (χ0n) is 6.31. The molecule has 0 aromatic rings. The first-order chi connectivity index (χ1) is 5.93. The van der Waals surface area contributed by atoms with Gasteiger partial charge in [0, 0.05) is 5.97 Å². The summed E-state index contributed by atoms with van der Waals surface area (Å²) < 4.78 is 3.69. The summed E-state index contributed by atoms with van der Waals surface area (Å²) in [4.78, 5) is 40.3. The lowest BCUT2D eigenvalue weighted by atomic mass is 10.3. The van der Waals surface area contributed by atoms with Crippen molar-refractivity contribution in [1.82, 2.24) is 0 Å². The molecule has 0 aromatic carbocycles. The third-order valence-electron chi connectivity index (χ3n) is 0.914. The second kappa shape index (κ2) is 4.86. The predicted molar refractivity (Wildman–Crippen MR) is 33.0 cm³/mol. The van der Waals surface area contributed by atoms with Gasteiger partial charge in [-0.1, -0.05) is 0 Å². The molecule has 13 heavy (non-hydrogen) atoms. The van der Waals surface area contributed by atoms with Crippen molar-refractivity contribution in [3.63, 3.8) is 0 Å². The summed E-state index contributed by atoms with van der Waals surface area (Å²) in [7, 11) is 0. The minimum Gasteiger partial charge on any atom is -0.550 e. The third kappa shape index (κ3) is 5.36. The SMILES string of the molecule is O=C([O-])CCC(=O)OC(=O)C(=O)O. The van der Waals surface area contributed by atoms with Gasteiger partial charge in [0.05, 0.1) is 6.42 Å². The van der Waals surface area contributed by atoms with Crippen LogP contribution in [0.1, 0.15) is 12.8 Å². The molecule has 0 aliphatic carbocycles. The maximum absolute atomic E-state index is 10.5. The van der Waals surface area contributed by atoms with Crippen LogP contribution in [0.25, 0.3) is 0 Å². The number of ether oxygens (including phenoxy) is 1. The van der Waals surface area contributed by atoms with E-state index in [1.54, 1.807) is 0 Å². The molecule has 7 nitrogen and oxygen atoms in total. The largest absolute Gasteiger partial charge is 0.550 e. The molecule has 0 atom stereocenters. The lowest BCUT2D eigenvalue weighted by Crippen LogP contribution is -2.25. The number of aliphatic carboxylic acids is 2. The molecular formula is C6H5O7-. The summed E-state index contributed by atoms with van der Waals surface area (Å²) >= 11 is 0. The molecule has 0 aromatic heterocycles. The monoisotopic (exact) mass is 189 g/mol. The van der Waals surface area contributed by atoms with E-state index in [1.807, 2.05) is 0 Å². The predicted octanol–water partition coefficient (Wildman–Crippen LogP) is -2.33. The van der Waals surface area contributed by atoms with Crippen molar-refractivity contribution in [2.45, 2.75) is 12.8 Å². The molecule has 0 fully saturated rings. The number of hydrogen-bond donors (Lipinski definition) is 1. The van der Waals surface area contributed by atoms with E-state index >= 15 is 0 Å². The fourth-order valence-corrected chi connectivity index (χ4v) is 0.402. The number of esters is 2. The average Bonchev–Trinajstić information content (AvgIpc) is 2.00. The highest BCUT2D eigenvalue weighted by molar-refractivity contribution is 6.30. The van der Waals surface area contributed by atoms with Gasteiger partial charge < -0.3 is 19.7 Å². The van der Waals surface area contributed by atoms with E-state index in [1.165, 1.54) is 0 Å². The number of rotatable bonds is 3. The van der Waals surface area contributed by atoms with Gasteiger partial charge in [-0.05, 0) is 6.42 Å². The van der Waals surface area contributed by atoms with Crippen LogP contribution in [0.3, 0.4) is 0 Å². The Balaban J connectivity index is 3.82. The lowest BCUT2D eigenvalue weighted by Gasteiger charge is -2.00. The Morgan fingerprint density at radius 1 is 1.15 bits per heavy atom. The fourth-order valence-electron chi connectivity index (χ4n) is 0.402. The summed E-state index contributed by atoms with van der Waals surface area (Å²) in [5.41, 5.74) is 0. The molecule has 0 heterocycles. The van der Waals surface area contributed by atoms with Crippen LogP contribution in [0.5, 0.6) is 0 Å². The second-order valence-electron chi connectivity index (χ2n) is 1.94. The van der Waals surface area contributed by atoms with Crippen molar-refractivity contribution >= 4 is 23.9 Å². The van der Waals surface area contributed by atoms with Gasteiger partial charge in [0.2, 0.25) is 0 Å². The number of carboxylic acid groups (broad SMARTS) is 2. The molecule has 0 spiro atoms. The number of hydrogen-bond acceptors (Lipinski definition) is 6. The quantitative estimate of drug-likeness (QED) is 0.300. The zero-order chi connectivity index (χ0) is 10.4. The molecule has 0 aliphatic rings. The Morgan fingerprint density at radius 3 is 2.08 bits per heavy atom. The lowest BCUT2D eigenvalue weighted by molar-refractivity contribution is -0.305. The summed E-state index contributed by atoms with van der Waals surface area (Å²) in [6, 6.07) is 0. The first-order valence-corrected chi connectivity index (χ1v) is 3.11. The van der Waals surface area contributed by atoms with Crippen molar-refractivity contribution in [3.8, 4) is 0 Å². The molecule has 0 saturated heterocycles. The topological polar surface area (TPSA) is 121 Å². The standard InChI is InChI=1S/C6H6O7/c7-3(8)1-2-4(9)13-6(12)5(10)11/h1-2H2,(H,7,8)(H,10,11)/p-1. The van der Waals surface area contributed by atoms with E-state index in [0.717, 1.165) is 0 Å². The van der Waals surface area contributed by atoms with Gasteiger partial charge in [0.25, 0.3) is 0 Å². The minimum atomic E-state index is -1.91. The maximum Gasteiger partial charge on any atom is 0.424 e. The average molecular weight is 189 g/mol. The highest BCUT2D eigenvalue weighted by Crippen LogP contribution is 1.92. The van der Waals surface area contributed by atoms with Gasteiger partial charge in [-0.15, -0.1) is 0 Å². The summed E-state index contributed by atoms with van der Waals surface area (Å²) in [5.74, 6) is -6.35. The van der Waals surface area contributed by atoms with Crippen molar-refractivity contribution < 1.29 is 34.1 Å². The molecule has 72 valence electrons. The van der Waals surface area contributed by atoms with Gasteiger partial charge in [-0.25, -0.2) is 9.59 Å². The zero-order valence-corrected chi connectivity index (χ0v) is 6.31. The molecule has 0 unspecified atom stereocenters. The molecule has 0 aliphatic heterocycles. The smallest absolute Gasteiger partial charge is 0.424 e. The molecule has 7 heteroatoms. The number of carbonyl (C=O) groups is 4. The first kappa shape index (κ1) is 11.1. The molecule has 0 rings (SSSR count). The Bertz CT molecular complexity index is 254. The maximum atomic E-state index is 10.5. The van der Waals surface area contributed by atoms with Gasteiger partial charge in [-0.3, -0.25) is 4.79 Å². The van der Waals surface area contributed by atoms with Crippen LogP contribution in [0.15, 0.2) is 0 Å². The third-order valence-corrected chi connectivity index (χ3v) is 0.914. The van der Waals surface area contributed by atoms with Gasteiger partial charge >= 0.3 is 17.9 Å². The van der Waals surface area contributed by atoms with Crippen LogP contribution in [-0.4, -0.2) is 29.0 Å². The number of carbonyl (C=O) groups excluding carboxylic acids is 3. The van der Waals surface area contributed by atoms with Crippen LogP contribution in [0, 0.1) is 0 Å². The summed E-state index contributed by atoms with van der Waals surface area (Å²) in [6.07, 6.45) is -1.22. The minimum absolute atomic E-state index is 0.596. The Labute approximate surface area is 71.9 Å². The molecular weight excluding hydrogens is 184 g/mol. The molecule has 0 saturated carbocycles.